The van der Waals surface area contributed by atoms with E-state index in [9.17, 15) is 13.2 Å². The highest BCUT2D eigenvalue weighted by molar-refractivity contribution is 5.08. The fraction of sp³-hybridized carbons (Fsp3) is 0.700. The second-order valence-electron chi connectivity index (χ2n) is 3.68. The van der Waals surface area contributed by atoms with Gasteiger partial charge in [0.2, 0.25) is 0 Å². The number of nitrogens with one attached hydrogen (secondary N) is 1. The summed E-state index contributed by atoms with van der Waals surface area (Å²) in [6.07, 6.45) is -1.72. The molecule has 16 heavy (non-hydrogen) atoms. The Morgan fingerprint density at radius 1 is 1.50 bits per heavy atom. The van der Waals surface area contributed by atoms with E-state index in [1.165, 1.54) is 4.68 Å². The Labute approximate surface area is 92.6 Å². The Bertz CT molecular complexity index is 319. The molecule has 1 aromatic rings. The minimum Gasteiger partial charge on any atom is -0.310 e. The van der Waals surface area contributed by atoms with E-state index in [1.54, 1.807) is 12.4 Å². The van der Waals surface area contributed by atoms with Crippen LogP contribution in [0.15, 0.2) is 12.4 Å². The highest BCUT2D eigenvalue weighted by atomic mass is 19.4. The molecule has 92 valence electrons. The summed E-state index contributed by atoms with van der Waals surface area (Å²) in [5, 5.41) is 7.07. The second kappa shape index (κ2) is 5.34. The van der Waals surface area contributed by atoms with Gasteiger partial charge in [0.15, 0.2) is 0 Å². The van der Waals surface area contributed by atoms with E-state index in [0.29, 0.717) is 0 Å². The van der Waals surface area contributed by atoms with Gasteiger partial charge in [0.25, 0.3) is 0 Å². The van der Waals surface area contributed by atoms with Crippen LogP contribution < -0.4 is 5.32 Å². The Kier molecular flexibility index (Phi) is 4.35. The smallest absolute Gasteiger partial charge is 0.310 e. The van der Waals surface area contributed by atoms with Gasteiger partial charge >= 0.3 is 6.18 Å². The van der Waals surface area contributed by atoms with Gasteiger partial charge < -0.3 is 5.32 Å². The maximum Gasteiger partial charge on any atom is 0.390 e. The molecule has 0 bridgehead atoms. The molecule has 0 saturated carbocycles. The molecule has 1 rings (SSSR count). The van der Waals surface area contributed by atoms with Gasteiger partial charge in [0, 0.05) is 24.3 Å². The molecular weight excluding hydrogens is 219 g/mol. The maximum atomic E-state index is 12.0. The van der Waals surface area contributed by atoms with Crippen molar-refractivity contribution in [2.24, 2.45) is 0 Å². The number of alkyl halides is 3. The zero-order valence-corrected chi connectivity index (χ0v) is 9.38. The van der Waals surface area contributed by atoms with E-state index in [2.05, 4.69) is 10.4 Å². The molecule has 1 N–H and O–H groups in total. The predicted molar refractivity (Wildman–Crippen MR) is 55.0 cm³/mol. The predicted octanol–water partition coefficient (Wildman–Crippen LogP) is 2.51. The third-order valence-electron chi connectivity index (χ3n) is 2.29. The van der Waals surface area contributed by atoms with Gasteiger partial charge in [-0.2, -0.15) is 18.3 Å². The first-order valence-electron chi connectivity index (χ1n) is 5.25. The molecule has 0 saturated heterocycles. The SMILES string of the molecule is CCNC(C)c1cnn(CCC(F)(F)F)c1. The number of nitrogens with zero attached hydrogens (tertiary/aromatic N) is 2. The molecule has 0 aliphatic carbocycles. The molecule has 3 nitrogen and oxygen atoms in total. The highest BCUT2D eigenvalue weighted by Gasteiger charge is 2.26. The van der Waals surface area contributed by atoms with Crippen molar-refractivity contribution in [2.45, 2.75) is 39.0 Å². The van der Waals surface area contributed by atoms with Gasteiger partial charge in [0.1, 0.15) is 0 Å². The number of halogens is 3. The largest absolute Gasteiger partial charge is 0.390 e. The van der Waals surface area contributed by atoms with Crippen molar-refractivity contribution < 1.29 is 13.2 Å². The van der Waals surface area contributed by atoms with Crippen LogP contribution in [0.5, 0.6) is 0 Å². The second-order valence-corrected chi connectivity index (χ2v) is 3.68. The van der Waals surface area contributed by atoms with Crippen LogP contribution in [0.4, 0.5) is 13.2 Å². The number of hydrogen-bond donors (Lipinski definition) is 1. The first-order chi connectivity index (χ1) is 7.42. The van der Waals surface area contributed by atoms with Crippen molar-refractivity contribution in [1.82, 2.24) is 15.1 Å². The van der Waals surface area contributed by atoms with Gasteiger partial charge in [-0.3, -0.25) is 4.68 Å². The lowest BCUT2D eigenvalue weighted by atomic mass is 10.2. The topological polar surface area (TPSA) is 29.9 Å². The number of aryl methyl sites for hydroxylation is 1. The summed E-state index contributed by atoms with van der Waals surface area (Å²) in [6, 6.07) is 0.115. The molecule has 1 unspecified atom stereocenters. The number of rotatable bonds is 5. The summed E-state index contributed by atoms with van der Waals surface area (Å²) in [5.41, 5.74) is 0.907. The molecule has 1 heterocycles. The Balaban J connectivity index is 2.51. The molecule has 0 fully saturated rings. The van der Waals surface area contributed by atoms with E-state index in [-0.39, 0.29) is 12.6 Å². The van der Waals surface area contributed by atoms with Crippen LogP contribution in [0, 0.1) is 0 Å². The number of hydrogen-bond acceptors (Lipinski definition) is 2. The van der Waals surface area contributed by atoms with Crippen LogP contribution in [0.3, 0.4) is 0 Å². The van der Waals surface area contributed by atoms with Crippen molar-refractivity contribution in [3.8, 4) is 0 Å². The highest BCUT2D eigenvalue weighted by Crippen LogP contribution is 2.20. The Hall–Kier alpha value is -1.04. The molecule has 0 aliphatic heterocycles. The lowest BCUT2D eigenvalue weighted by molar-refractivity contribution is -0.137. The summed E-state index contributed by atoms with van der Waals surface area (Å²) in [7, 11) is 0. The van der Waals surface area contributed by atoms with Crippen LogP contribution in [0.25, 0.3) is 0 Å². The summed E-state index contributed by atoms with van der Waals surface area (Å²) in [5.74, 6) is 0. The molecular formula is C10H16F3N3. The van der Waals surface area contributed by atoms with Crippen molar-refractivity contribution in [3.63, 3.8) is 0 Å². The maximum absolute atomic E-state index is 12.0. The van der Waals surface area contributed by atoms with Crippen molar-refractivity contribution >= 4 is 0 Å². The molecule has 0 aliphatic rings. The molecule has 1 aromatic heterocycles. The zero-order chi connectivity index (χ0) is 12.2. The Morgan fingerprint density at radius 2 is 2.19 bits per heavy atom. The minimum atomic E-state index is -4.13. The van der Waals surface area contributed by atoms with Crippen molar-refractivity contribution in [1.29, 1.82) is 0 Å². The lowest BCUT2D eigenvalue weighted by Gasteiger charge is -2.09. The van der Waals surface area contributed by atoms with Gasteiger partial charge in [-0.25, -0.2) is 0 Å². The summed E-state index contributed by atoms with van der Waals surface area (Å²) < 4.78 is 37.3. The molecule has 0 aromatic carbocycles. The van der Waals surface area contributed by atoms with Crippen LogP contribution >= 0.6 is 0 Å². The third-order valence-corrected chi connectivity index (χ3v) is 2.29. The fourth-order valence-corrected chi connectivity index (χ4v) is 1.39. The summed E-state index contributed by atoms with van der Waals surface area (Å²) >= 11 is 0. The molecule has 6 heteroatoms. The average Bonchev–Trinajstić information content (AvgIpc) is 2.62. The summed E-state index contributed by atoms with van der Waals surface area (Å²) in [4.78, 5) is 0. The van der Waals surface area contributed by atoms with Crippen LogP contribution in [-0.2, 0) is 6.54 Å². The zero-order valence-electron chi connectivity index (χ0n) is 9.38. The van der Waals surface area contributed by atoms with Crippen molar-refractivity contribution in [3.05, 3.63) is 18.0 Å². The first kappa shape index (κ1) is 13.0. The van der Waals surface area contributed by atoms with Gasteiger partial charge in [-0.15, -0.1) is 0 Å². The minimum absolute atomic E-state index is 0.115. The Morgan fingerprint density at radius 3 is 2.75 bits per heavy atom. The standard InChI is InChI=1S/C10H16F3N3/c1-3-14-8(2)9-6-15-16(7-9)5-4-10(11,12)13/h6-8,14H,3-5H2,1-2H3. The van der Waals surface area contributed by atoms with E-state index >= 15 is 0 Å². The summed E-state index contributed by atoms with van der Waals surface area (Å²) in [6.45, 7) is 4.62. The van der Waals surface area contributed by atoms with E-state index in [0.717, 1.165) is 12.1 Å². The molecule has 0 amide bonds. The molecule has 0 spiro atoms. The van der Waals surface area contributed by atoms with E-state index in [1.807, 2.05) is 13.8 Å². The van der Waals surface area contributed by atoms with Crippen LogP contribution in [0.1, 0.15) is 31.9 Å². The van der Waals surface area contributed by atoms with E-state index < -0.39 is 12.6 Å². The van der Waals surface area contributed by atoms with E-state index in [4.69, 9.17) is 0 Å². The van der Waals surface area contributed by atoms with Gasteiger partial charge in [0.05, 0.1) is 12.6 Å². The fourth-order valence-electron chi connectivity index (χ4n) is 1.39. The first-order valence-corrected chi connectivity index (χ1v) is 5.25. The monoisotopic (exact) mass is 235 g/mol. The van der Waals surface area contributed by atoms with Crippen molar-refractivity contribution in [2.75, 3.05) is 6.54 Å². The molecule has 0 radical (unpaired) electrons. The van der Waals surface area contributed by atoms with Crippen LogP contribution in [0.2, 0.25) is 0 Å². The molecule has 1 atom stereocenters. The van der Waals surface area contributed by atoms with Crippen LogP contribution in [-0.4, -0.2) is 22.5 Å². The number of aromatic nitrogens is 2. The average molecular weight is 235 g/mol. The van der Waals surface area contributed by atoms with Gasteiger partial charge in [-0.05, 0) is 13.5 Å². The third kappa shape index (κ3) is 4.22. The lowest BCUT2D eigenvalue weighted by Crippen LogP contribution is -2.17. The van der Waals surface area contributed by atoms with Gasteiger partial charge in [-0.1, -0.05) is 6.92 Å². The normalized spacial score (nSPS) is 14.1. The quantitative estimate of drug-likeness (QED) is 0.849.